The van der Waals surface area contributed by atoms with Gasteiger partial charge in [-0.05, 0) is 24.1 Å². The summed E-state index contributed by atoms with van der Waals surface area (Å²) in [5, 5.41) is 0. The molecular weight excluding hydrogens is 204 g/mol. The van der Waals surface area contributed by atoms with Crippen molar-refractivity contribution >= 4 is 6.29 Å². The summed E-state index contributed by atoms with van der Waals surface area (Å²) >= 11 is 0. The Labute approximate surface area is 95.7 Å². The molecule has 0 aliphatic carbocycles. The molecule has 1 aromatic rings. The van der Waals surface area contributed by atoms with Crippen molar-refractivity contribution in [2.24, 2.45) is 0 Å². The highest BCUT2D eigenvalue weighted by atomic mass is 16.5. The van der Waals surface area contributed by atoms with Gasteiger partial charge in [-0.3, -0.25) is 0 Å². The van der Waals surface area contributed by atoms with Crippen molar-refractivity contribution < 1.29 is 14.3 Å². The van der Waals surface area contributed by atoms with E-state index in [0.717, 1.165) is 17.6 Å². The summed E-state index contributed by atoms with van der Waals surface area (Å²) in [6.07, 6.45) is 2.61. The van der Waals surface area contributed by atoms with Crippen LogP contribution in [0.3, 0.4) is 0 Å². The van der Waals surface area contributed by atoms with Crippen molar-refractivity contribution in [2.75, 3.05) is 7.11 Å². The fourth-order valence-corrected chi connectivity index (χ4v) is 1.25. The van der Waals surface area contributed by atoms with E-state index in [1.54, 1.807) is 13.2 Å². The number of carbonyl (C=O) groups excluding carboxylic acids is 1. The lowest BCUT2D eigenvalue weighted by molar-refractivity contribution is -0.118. The summed E-state index contributed by atoms with van der Waals surface area (Å²) < 4.78 is 10.5. The molecule has 0 fully saturated rings. The van der Waals surface area contributed by atoms with Crippen molar-refractivity contribution in [3.63, 3.8) is 0 Å². The average molecular weight is 220 g/mol. The minimum atomic E-state index is -0.403. The van der Waals surface area contributed by atoms with Crippen LogP contribution in [0.5, 0.6) is 5.75 Å². The van der Waals surface area contributed by atoms with Gasteiger partial charge >= 0.3 is 0 Å². The van der Waals surface area contributed by atoms with Gasteiger partial charge in [0.05, 0.1) is 13.7 Å². The van der Waals surface area contributed by atoms with Gasteiger partial charge in [-0.1, -0.05) is 18.2 Å². The number of benzene rings is 1. The molecule has 0 heterocycles. The molecule has 3 nitrogen and oxygen atoms in total. The van der Waals surface area contributed by atoms with E-state index in [0.29, 0.717) is 13.0 Å². The number of aldehydes is 1. The monoisotopic (exact) mass is 220 g/mol. The maximum absolute atomic E-state index is 10.6. The molecule has 0 aromatic heterocycles. The normalized spacial score (nSPS) is 11.8. The van der Waals surface area contributed by atoms with E-state index in [2.05, 4.69) is 6.58 Å². The van der Waals surface area contributed by atoms with Crippen LogP contribution in [0.15, 0.2) is 36.9 Å². The Hall–Kier alpha value is -1.61. The van der Waals surface area contributed by atoms with Gasteiger partial charge in [0.1, 0.15) is 18.1 Å². The van der Waals surface area contributed by atoms with Crippen LogP contribution >= 0.6 is 0 Å². The third-order valence-electron chi connectivity index (χ3n) is 2.17. The molecular formula is C13H16O3. The molecule has 0 aliphatic heterocycles. The molecule has 1 rings (SSSR count). The topological polar surface area (TPSA) is 35.5 Å². The lowest BCUT2D eigenvalue weighted by Crippen LogP contribution is -2.13. The number of rotatable bonds is 7. The van der Waals surface area contributed by atoms with E-state index in [-0.39, 0.29) is 0 Å². The zero-order valence-electron chi connectivity index (χ0n) is 9.39. The fraction of sp³-hybridized carbons (Fsp3) is 0.308. The van der Waals surface area contributed by atoms with Crippen LogP contribution < -0.4 is 4.74 Å². The van der Waals surface area contributed by atoms with Gasteiger partial charge in [-0.2, -0.15) is 0 Å². The predicted octanol–water partition coefficient (Wildman–Crippen LogP) is 2.36. The van der Waals surface area contributed by atoms with E-state index in [4.69, 9.17) is 9.47 Å². The quantitative estimate of drug-likeness (QED) is 0.522. The Kier molecular flexibility index (Phi) is 5.29. The van der Waals surface area contributed by atoms with Gasteiger partial charge in [0.25, 0.3) is 0 Å². The fourth-order valence-electron chi connectivity index (χ4n) is 1.25. The van der Waals surface area contributed by atoms with Crippen LogP contribution in [0.25, 0.3) is 0 Å². The van der Waals surface area contributed by atoms with Crippen LogP contribution in [0.1, 0.15) is 12.0 Å². The molecule has 0 bridgehead atoms. The van der Waals surface area contributed by atoms with Crippen LogP contribution in [0.2, 0.25) is 0 Å². The lowest BCUT2D eigenvalue weighted by atomic mass is 10.2. The first-order valence-corrected chi connectivity index (χ1v) is 5.11. The molecule has 3 heteroatoms. The maximum atomic E-state index is 10.6. The molecule has 86 valence electrons. The third kappa shape index (κ3) is 3.87. The summed E-state index contributed by atoms with van der Waals surface area (Å²) in [5.74, 6) is 0.807. The van der Waals surface area contributed by atoms with Crippen molar-refractivity contribution in [1.82, 2.24) is 0 Å². The number of hydrogen-bond donors (Lipinski definition) is 0. The standard InChI is InChI=1S/C13H16O3/c1-3-4-13(9-14)16-10-11-5-7-12(15-2)8-6-11/h3,5-9,13H,1,4,10H2,2H3/t13-/m0/s1. The molecule has 1 atom stereocenters. The lowest BCUT2D eigenvalue weighted by Gasteiger charge is -2.09. The third-order valence-corrected chi connectivity index (χ3v) is 2.17. The molecule has 0 unspecified atom stereocenters. The van der Waals surface area contributed by atoms with Crippen LogP contribution in [-0.4, -0.2) is 19.5 Å². The zero-order chi connectivity index (χ0) is 11.8. The van der Waals surface area contributed by atoms with Crippen molar-refractivity contribution in [1.29, 1.82) is 0 Å². The summed E-state index contributed by atoms with van der Waals surface area (Å²) in [6, 6.07) is 7.55. The Morgan fingerprint density at radius 1 is 1.38 bits per heavy atom. The highest BCUT2D eigenvalue weighted by Crippen LogP contribution is 2.12. The highest BCUT2D eigenvalue weighted by Gasteiger charge is 2.05. The molecule has 0 amide bonds. The van der Waals surface area contributed by atoms with E-state index in [9.17, 15) is 4.79 Å². The second-order valence-electron chi connectivity index (χ2n) is 3.36. The van der Waals surface area contributed by atoms with E-state index >= 15 is 0 Å². The first kappa shape index (κ1) is 12.5. The second kappa shape index (κ2) is 6.80. The molecule has 0 saturated heterocycles. The largest absolute Gasteiger partial charge is 0.497 e. The molecule has 16 heavy (non-hydrogen) atoms. The predicted molar refractivity (Wildman–Crippen MR) is 62.4 cm³/mol. The second-order valence-corrected chi connectivity index (χ2v) is 3.36. The van der Waals surface area contributed by atoms with Gasteiger partial charge in [-0.25, -0.2) is 0 Å². The number of ether oxygens (including phenoxy) is 2. The minimum absolute atomic E-state index is 0.403. The van der Waals surface area contributed by atoms with Gasteiger partial charge < -0.3 is 14.3 Å². The molecule has 1 aromatic carbocycles. The van der Waals surface area contributed by atoms with Gasteiger partial charge in [-0.15, -0.1) is 6.58 Å². The number of carbonyl (C=O) groups is 1. The van der Waals surface area contributed by atoms with Gasteiger partial charge in [0.2, 0.25) is 0 Å². The molecule has 0 spiro atoms. The number of methoxy groups -OCH3 is 1. The van der Waals surface area contributed by atoms with E-state index in [1.165, 1.54) is 0 Å². The number of hydrogen-bond acceptors (Lipinski definition) is 3. The highest BCUT2D eigenvalue weighted by molar-refractivity contribution is 5.56. The summed E-state index contributed by atoms with van der Waals surface area (Å²) in [7, 11) is 1.62. The van der Waals surface area contributed by atoms with Crippen molar-refractivity contribution in [2.45, 2.75) is 19.1 Å². The summed E-state index contributed by atoms with van der Waals surface area (Å²) in [5.41, 5.74) is 1.01. The van der Waals surface area contributed by atoms with Crippen LogP contribution in [-0.2, 0) is 16.1 Å². The molecule has 0 radical (unpaired) electrons. The van der Waals surface area contributed by atoms with Gasteiger partial charge in [0, 0.05) is 0 Å². The summed E-state index contributed by atoms with van der Waals surface area (Å²) in [6.45, 7) is 3.99. The Morgan fingerprint density at radius 3 is 2.56 bits per heavy atom. The Bertz CT molecular complexity index is 330. The molecule has 0 saturated carbocycles. The van der Waals surface area contributed by atoms with Gasteiger partial charge in [0.15, 0.2) is 0 Å². The SMILES string of the molecule is C=CC[C@@H](C=O)OCc1ccc(OC)cc1. The zero-order valence-corrected chi connectivity index (χ0v) is 9.39. The maximum Gasteiger partial charge on any atom is 0.149 e. The average Bonchev–Trinajstić information content (AvgIpc) is 2.35. The first-order valence-electron chi connectivity index (χ1n) is 5.11. The minimum Gasteiger partial charge on any atom is -0.497 e. The molecule has 0 aliphatic rings. The van der Waals surface area contributed by atoms with Crippen LogP contribution in [0.4, 0.5) is 0 Å². The molecule has 0 N–H and O–H groups in total. The van der Waals surface area contributed by atoms with Crippen molar-refractivity contribution in [3.8, 4) is 5.75 Å². The first-order chi connectivity index (χ1) is 7.80. The Balaban J connectivity index is 2.46. The van der Waals surface area contributed by atoms with E-state index < -0.39 is 6.10 Å². The van der Waals surface area contributed by atoms with E-state index in [1.807, 2.05) is 24.3 Å². The van der Waals surface area contributed by atoms with Crippen LogP contribution in [0, 0.1) is 0 Å². The van der Waals surface area contributed by atoms with Crippen molar-refractivity contribution in [3.05, 3.63) is 42.5 Å². The summed E-state index contributed by atoms with van der Waals surface area (Å²) in [4.78, 5) is 10.6. The smallest absolute Gasteiger partial charge is 0.149 e. The Morgan fingerprint density at radius 2 is 2.06 bits per heavy atom.